The molecule has 0 radical (unpaired) electrons. The Hall–Kier alpha value is -0.290. The van der Waals surface area contributed by atoms with Crippen LogP contribution in [0.1, 0.15) is 26.2 Å². The van der Waals surface area contributed by atoms with Gasteiger partial charge in [-0.1, -0.05) is 58.9 Å². The number of carbonyl (C=O) groups is 1. The number of amides is 1. The summed E-state index contributed by atoms with van der Waals surface area (Å²) in [5, 5.41) is 3.43. The van der Waals surface area contributed by atoms with Crippen LogP contribution in [-0.4, -0.2) is 11.9 Å². The van der Waals surface area contributed by atoms with Crippen molar-refractivity contribution in [1.82, 2.24) is 0 Å². The second kappa shape index (κ2) is 7.34. The van der Waals surface area contributed by atoms with Crippen molar-refractivity contribution >= 4 is 50.7 Å². The zero-order valence-electron chi connectivity index (χ0n) is 9.97. The number of hydrogen-bond donors (Lipinski definition) is 2. The fourth-order valence-electron chi connectivity index (χ4n) is 1.43. The van der Waals surface area contributed by atoms with Crippen LogP contribution >= 0.6 is 39.1 Å². The van der Waals surface area contributed by atoms with E-state index in [2.05, 4.69) is 21.2 Å². The molecule has 1 aromatic rings. The molecular formula is C12H15BrCl2N2O. The van der Waals surface area contributed by atoms with Crippen molar-refractivity contribution in [2.24, 2.45) is 5.73 Å². The first-order chi connectivity index (χ1) is 8.45. The Morgan fingerprint density at radius 3 is 2.50 bits per heavy atom. The van der Waals surface area contributed by atoms with Gasteiger partial charge in [0.25, 0.3) is 0 Å². The minimum Gasteiger partial charge on any atom is -0.322 e. The zero-order chi connectivity index (χ0) is 13.7. The van der Waals surface area contributed by atoms with Crippen LogP contribution in [0.4, 0.5) is 5.69 Å². The number of halogens is 3. The highest BCUT2D eigenvalue weighted by Gasteiger charge is 2.16. The Morgan fingerprint density at radius 1 is 1.44 bits per heavy atom. The highest BCUT2D eigenvalue weighted by Crippen LogP contribution is 2.33. The summed E-state index contributed by atoms with van der Waals surface area (Å²) in [4.78, 5) is 11.8. The second-order valence-electron chi connectivity index (χ2n) is 3.98. The zero-order valence-corrected chi connectivity index (χ0v) is 13.1. The molecule has 0 aliphatic heterocycles. The van der Waals surface area contributed by atoms with E-state index >= 15 is 0 Å². The first-order valence-corrected chi connectivity index (χ1v) is 7.21. The monoisotopic (exact) mass is 352 g/mol. The van der Waals surface area contributed by atoms with E-state index in [9.17, 15) is 4.79 Å². The minimum absolute atomic E-state index is 0.269. The molecule has 6 heteroatoms. The maximum absolute atomic E-state index is 11.8. The van der Waals surface area contributed by atoms with E-state index in [0.717, 1.165) is 17.3 Å². The molecular weight excluding hydrogens is 339 g/mol. The lowest BCUT2D eigenvalue weighted by atomic mass is 10.1. The third-order valence-corrected chi connectivity index (χ3v) is 3.51. The third kappa shape index (κ3) is 4.43. The molecule has 0 saturated heterocycles. The summed E-state index contributed by atoms with van der Waals surface area (Å²) in [6.45, 7) is 2.05. The van der Waals surface area contributed by atoms with Crippen LogP contribution in [-0.2, 0) is 4.79 Å². The smallest absolute Gasteiger partial charge is 0.241 e. The standard InChI is InChI=1S/C12H15BrCl2N2O/c1-2-3-4-10(16)12(18)17-11-8(14)5-7(13)6-9(11)15/h5-6,10H,2-4,16H2,1H3,(H,17,18). The number of benzene rings is 1. The topological polar surface area (TPSA) is 55.1 Å². The van der Waals surface area contributed by atoms with Gasteiger partial charge in [0.1, 0.15) is 0 Å². The van der Waals surface area contributed by atoms with Crippen LogP contribution in [0.5, 0.6) is 0 Å². The molecule has 0 spiro atoms. The summed E-state index contributed by atoms with van der Waals surface area (Å²) in [7, 11) is 0. The number of nitrogens with one attached hydrogen (secondary N) is 1. The van der Waals surface area contributed by atoms with E-state index in [1.807, 2.05) is 6.92 Å². The summed E-state index contributed by atoms with van der Waals surface area (Å²) >= 11 is 15.3. The number of rotatable bonds is 5. The molecule has 0 aliphatic rings. The van der Waals surface area contributed by atoms with Gasteiger partial charge in [0.05, 0.1) is 21.8 Å². The second-order valence-corrected chi connectivity index (χ2v) is 5.71. The van der Waals surface area contributed by atoms with E-state index in [1.54, 1.807) is 12.1 Å². The van der Waals surface area contributed by atoms with Crippen LogP contribution in [0, 0.1) is 0 Å². The first kappa shape index (κ1) is 15.8. The molecule has 1 rings (SSSR count). The van der Waals surface area contributed by atoms with Crippen molar-refractivity contribution in [3.63, 3.8) is 0 Å². The molecule has 0 bridgehead atoms. The Morgan fingerprint density at radius 2 is 2.00 bits per heavy atom. The van der Waals surface area contributed by atoms with Gasteiger partial charge in [-0.05, 0) is 18.6 Å². The largest absolute Gasteiger partial charge is 0.322 e. The van der Waals surface area contributed by atoms with Crippen LogP contribution in [0.25, 0.3) is 0 Å². The van der Waals surface area contributed by atoms with Crippen LogP contribution in [0.2, 0.25) is 10.0 Å². The highest BCUT2D eigenvalue weighted by molar-refractivity contribution is 9.10. The molecule has 3 N–H and O–H groups in total. The van der Waals surface area contributed by atoms with E-state index in [0.29, 0.717) is 22.2 Å². The Balaban J connectivity index is 2.76. The van der Waals surface area contributed by atoms with Crippen molar-refractivity contribution < 1.29 is 4.79 Å². The number of carbonyl (C=O) groups excluding carboxylic acids is 1. The molecule has 1 atom stereocenters. The molecule has 100 valence electrons. The average molecular weight is 354 g/mol. The lowest BCUT2D eigenvalue weighted by Crippen LogP contribution is -2.35. The van der Waals surface area contributed by atoms with Crippen LogP contribution in [0.15, 0.2) is 16.6 Å². The summed E-state index contributed by atoms with van der Waals surface area (Å²) < 4.78 is 0.755. The van der Waals surface area contributed by atoms with Crippen LogP contribution in [0.3, 0.4) is 0 Å². The summed E-state index contributed by atoms with van der Waals surface area (Å²) in [5.41, 5.74) is 6.18. The number of anilines is 1. The number of unbranched alkanes of at least 4 members (excludes halogenated alkanes) is 1. The molecule has 1 aromatic carbocycles. The molecule has 0 aromatic heterocycles. The van der Waals surface area contributed by atoms with Gasteiger partial charge in [-0.25, -0.2) is 0 Å². The molecule has 18 heavy (non-hydrogen) atoms. The van der Waals surface area contributed by atoms with Gasteiger partial charge >= 0.3 is 0 Å². The van der Waals surface area contributed by atoms with Crippen LogP contribution < -0.4 is 11.1 Å². The fraction of sp³-hybridized carbons (Fsp3) is 0.417. The van der Waals surface area contributed by atoms with Gasteiger partial charge in [-0.2, -0.15) is 0 Å². The lowest BCUT2D eigenvalue weighted by Gasteiger charge is -2.14. The Bertz CT molecular complexity index is 417. The predicted octanol–water partition coefficient (Wildman–Crippen LogP) is 4.21. The fourth-order valence-corrected chi connectivity index (χ4v) is 2.74. The molecule has 1 unspecified atom stereocenters. The van der Waals surface area contributed by atoms with Gasteiger partial charge in [0, 0.05) is 4.47 Å². The van der Waals surface area contributed by atoms with E-state index in [-0.39, 0.29) is 5.91 Å². The Labute approximate surface area is 125 Å². The molecule has 3 nitrogen and oxygen atoms in total. The summed E-state index contributed by atoms with van der Waals surface area (Å²) in [5.74, 6) is -0.269. The maximum atomic E-state index is 11.8. The van der Waals surface area contributed by atoms with Crippen molar-refractivity contribution in [2.75, 3.05) is 5.32 Å². The van der Waals surface area contributed by atoms with E-state index < -0.39 is 6.04 Å². The molecule has 0 saturated carbocycles. The quantitative estimate of drug-likeness (QED) is 0.832. The highest BCUT2D eigenvalue weighted by atomic mass is 79.9. The predicted molar refractivity (Wildman–Crippen MR) is 80.3 cm³/mol. The van der Waals surface area contributed by atoms with Gasteiger partial charge in [-0.3, -0.25) is 4.79 Å². The lowest BCUT2D eigenvalue weighted by molar-refractivity contribution is -0.117. The average Bonchev–Trinajstić information content (AvgIpc) is 2.30. The molecule has 0 heterocycles. The van der Waals surface area contributed by atoms with E-state index in [1.165, 1.54) is 0 Å². The molecule has 0 aliphatic carbocycles. The SMILES string of the molecule is CCCCC(N)C(=O)Nc1c(Cl)cc(Br)cc1Cl. The van der Waals surface area contributed by atoms with Gasteiger partial charge in [-0.15, -0.1) is 0 Å². The molecule has 0 fully saturated rings. The minimum atomic E-state index is -0.541. The van der Waals surface area contributed by atoms with Gasteiger partial charge in [0.15, 0.2) is 0 Å². The number of nitrogens with two attached hydrogens (primary N) is 1. The van der Waals surface area contributed by atoms with E-state index in [4.69, 9.17) is 28.9 Å². The normalized spacial score (nSPS) is 12.3. The maximum Gasteiger partial charge on any atom is 0.241 e. The van der Waals surface area contributed by atoms with Crippen molar-refractivity contribution in [2.45, 2.75) is 32.2 Å². The summed E-state index contributed by atoms with van der Waals surface area (Å²) in [6.07, 6.45) is 2.56. The number of hydrogen-bond acceptors (Lipinski definition) is 2. The van der Waals surface area contributed by atoms with Crippen molar-refractivity contribution in [3.8, 4) is 0 Å². The van der Waals surface area contributed by atoms with Gasteiger partial charge in [0.2, 0.25) is 5.91 Å². The molecule has 1 amide bonds. The van der Waals surface area contributed by atoms with Crippen molar-refractivity contribution in [1.29, 1.82) is 0 Å². The Kier molecular flexibility index (Phi) is 6.43. The third-order valence-electron chi connectivity index (χ3n) is 2.46. The van der Waals surface area contributed by atoms with Gasteiger partial charge < -0.3 is 11.1 Å². The first-order valence-electron chi connectivity index (χ1n) is 5.66. The summed E-state index contributed by atoms with van der Waals surface area (Å²) in [6, 6.07) is 2.79. The van der Waals surface area contributed by atoms with Crippen molar-refractivity contribution in [3.05, 3.63) is 26.7 Å².